The average Bonchev–Trinajstić information content (AvgIpc) is 3.05. The molecule has 1 aliphatic heterocycles. The minimum atomic E-state index is 0.107. The van der Waals surface area contributed by atoms with Crippen molar-refractivity contribution in [1.82, 2.24) is 9.88 Å². The van der Waals surface area contributed by atoms with Crippen LogP contribution in [0.25, 0.3) is 16.5 Å². The van der Waals surface area contributed by atoms with Gasteiger partial charge in [-0.2, -0.15) is 0 Å². The van der Waals surface area contributed by atoms with E-state index in [2.05, 4.69) is 11.1 Å². The maximum Gasteiger partial charge on any atom is 0.254 e. The molecule has 1 aromatic heterocycles. The lowest BCUT2D eigenvalue weighted by Gasteiger charge is -2.27. The van der Waals surface area contributed by atoms with Gasteiger partial charge in [0.15, 0.2) is 0 Å². The summed E-state index contributed by atoms with van der Waals surface area (Å²) in [4.78, 5) is 18.0. The number of nitrogens with zero attached hydrogens (tertiary/aromatic N) is 1. The highest BCUT2D eigenvalue weighted by Gasteiger charge is 2.21. The Hall–Kier alpha value is -2.52. The fraction of sp³-hybridized carbons (Fsp3) is 0.190. The van der Waals surface area contributed by atoms with Crippen molar-refractivity contribution in [3.05, 3.63) is 76.5 Å². The number of fused-ring (bicyclic) bond motifs is 1. The number of aromatic nitrogens is 1. The van der Waals surface area contributed by atoms with Crippen LogP contribution in [0.15, 0.2) is 54.7 Å². The lowest BCUT2D eigenvalue weighted by Crippen LogP contribution is -2.35. The second kappa shape index (κ2) is 6.41. The smallest absolute Gasteiger partial charge is 0.254 e. The van der Waals surface area contributed by atoms with E-state index in [0.717, 1.165) is 40.0 Å². The van der Waals surface area contributed by atoms with Crippen molar-refractivity contribution in [2.75, 3.05) is 13.1 Å². The zero-order valence-corrected chi connectivity index (χ0v) is 14.8. The molecule has 25 heavy (non-hydrogen) atoms. The van der Waals surface area contributed by atoms with Crippen molar-refractivity contribution in [3.8, 4) is 0 Å². The normalized spacial score (nSPS) is 14.6. The van der Waals surface area contributed by atoms with Gasteiger partial charge < -0.3 is 9.88 Å². The Balaban J connectivity index is 1.59. The van der Waals surface area contributed by atoms with Crippen molar-refractivity contribution in [2.45, 2.75) is 13.3 Å². The number of rotatable bonds is 2. The van der Waals surface area contributed by atoms with Gasteiger partial charge >= 0.3 is 0 Å². The van der Waals surface area contributed by atoms with Crippen LogP contribution in [0.3, 0.4) is 0 Å². The molecule has 126 valence electrons. The minimum absolute atomic E-state index is 0.107. The Morgan fingerprint density at radius 3 is 2.80 bits per heavy atom. The SMILES string of the molecule is Cc1ccccc1C(=O)N1CC=C(c2c[nH]c3ccc(Cl)cc23)CC1. The predicted molar refractivity (Wildman–Crippen MR) is 103 cm³/mol. The van der Waals surface area contributed by atoms with Crippen molar-refractivity contribution >= 4 is 34.0 Å². The van der Waals surface area contributed by atoms with E-state index in [9.17, 15) is 4.79 Å². The summed E-state index contributed by atoms with van der Waals surface area (Å²) >= 11 is 6.15. The molecule has 3 aromatic rings. The van der Waals surface area contributed by atoms with E-state index in [-0.39, 0.29) is 5.91 Å². The maximum atomic E-state index is 12.7. The van der Waals surface area contributed by atoms with Crippen LogP contribution >= 0.6 is 11.6 Å². The molecule has 0 unspecified atom stereocenters. The molecule has 0 radical (unpaired) electrons. The number of benzene rings is 2. The van der Waals surface area contributed by atoms with Crippen molar-refractivity contribution < 1.29 is 4.79 Å². The Morgan fingerprint density at radius 2 is 2.04 bits per heavy atom. The molecule has 4 heteroatoms. The minimum Gasteiger partial charge on any atom is -0.361 e. The molecule has 3 nitrogen and oxygen atoms in total. The van der Waals surface area contributed by atoms with E-state index in [1.807, 2.05) is 60.5 Å². The van der Waals surface area contributed by atoms with Gasteiger partial charge in [-0.3, -0.25) is 4.79 Å². The van der Waals surface area contributed by atoms with Gasteiger partial charge in [0.2, 0.25) is 0 Å². The van der Waals surface area contributed by atoms with Crippen LogP contribution in [0.2, 0.25) is 5.02 Å². The molecular formula is C21H19ClN2O. The largest absolute Gasteiger partial charge is 0.361 e. The summed E-state index contributed by atoms with van der Waals surface area (Å²) in [7, 11) is 0. The first-order valence-electron chi connectivity index (χ1n) is 8.44. The summed E-state index contributed by atoms with van der Waals surface area (Å²) in [5.41, 5.74) is 5.34. The first kappa shape index (κ1) is 16.0. The predicted octanol–water partition coefficient (Wildman–Crippen LogP) is 5.06. The van der Waals surface area contributed by atoms with E-state index < -0.39 is 0 Å². The van der Waals surface area contributed by atoms with Crippen LogP contribution in [0.1, 0.15) is 27.9 Å². The van der Waals surface area contributed by atoms with Crippen LogP contribution in [0, 0.1) is 6.92 Å². The fourth-order valence-electron chi connectivity index (χ4n) is 3.44. The third-order valence-electron chi connectivity index (χ3n) is 4.86. The monoisotopic (exact) mass is 350 g/mol. The van der Waals surface area contributed by atoms with Gasteiger partial charge in [0.1, 0.15) is 0 Å². The van der Waals surface area contributed by atoms with Crippen LogP contribution in [0.4, 0.5) is 0 Å². The number of aryl methyl sites for hydroxylation is 1. The summed E-state index contributed by atoms with van der Waals surface area (Å²) < 4.78 is 0. The van der Waals surface area contributed by atoms with Crippen LogP contribution in [-0.4, -0.2) is 28.9 Å². The van der Waals surface area contributed by atoms with Crippen LogP contribution < -0.4 is 0 Å². The summed E-state index contributed by atoms with van der Waals surface area (Å²) in [6, 6.07) is 13.6. The summed E-state index contributed by atoms with van der Waals surface area (Å²) in [6.45, 7) is 3.34. The molecule has 0 bridgehead atoms. The Morgan fingerprint density at radius 1 is 1.20 bits per heavy atom. The Kier molecular flexibility index (Phi) is 4.10. The molecule has 4 rings (SSSR count). The average molecular weight is 351 g/mol. The molecule has 1 N–H and O–H groups in total. The molecule has 0 saturated heterocycles. The number of amides is 1. The van der Waals surface area contributed by atoms with E-state index in [4.69, 9.17) is 11.6 Å². The van der Waals surface area contributed by atoms with E-state index >= 15 is 0 Å². The Bertz CT molecular complexity index is 986. The lowest BCUT2D eigenvalue weighted by atomic mass is 9.98. The van der Waals surface area contributed by atoms with Gasteiger partial charge in [-0.1, -0.05) is 35.9 Å². The number of hydrogen-bond acceptors (Lipinski definition) is 1. The second-order valence-corrected chi connectivity index (χ2v) is 6.87. The van der Waals surface area contributed by atoms with Gasteiger partial charge in [0.05, 0.1) is 0 Å². The van der Waals surface area contributed by atoms with E-state index in [1.165, 1.54) is 11.1 Å². The highest BCUT2D eigenvalue weighted by atomic mass is 35.5. The number of H-pyrrole nitrogens is 1. The van der Waals surface area contributed by atoms with Gasteiger partial charge in [-0.25, -0.2) is 0 Å². The molecule has 0 saturated carbocycles. The first-order chi connectivity index (χ1) is 12.1. The van der Waals surface area contributed by atoms with Crippen molar-refractivity contribution in [2.24, 2.45) is 0 Å². The molecule has 0 atom stereocenters. The highest BCUT2D eigenvalue weighted by Crippen LogP contribution is 2.31. The number of nitrogens with one attached hydrogen (secondary N) is 1. The molecular weight excluding hydrogens is 332 g/mol. The fourth-order valence-corrected chi connectivity index (χ4v) is 3.61. The number of halogens is 1. The van der Waals surface area contributed by atoms with Gasteiger partial charge in [-0.15, -0.1) is 0 Å². The molecule has 0 spiro atoms. The van der Waals surface area contributed by atoms with Crippen LogP contribution in [0.5, 0.6) is 0 Å². The summed E-state index contributed by atoms with van der Waals surface area (Å²) in [5.74, 6) is 0.107. The zero-order chi connectivity index (χ0) is 17.4. The van der Waals surface area contributed by atoms with Gasteiger partial charge in [0.25, 0.3) is 5.91 Å². The number of hydrogen-bond donors (Lipinski definition) is 1. The number of carbonyl (C=O) groups is 1. The molecule has 2 aromatic carbocycles. The number of aromatic amines is 1. The summed E-state index contributed by atoms with van der Waals surface area (Å²) in [5, 5.41) is 1.87. The quantitative estimate of drug-likeness (QED) is 0.689. The summed E-state index contributed by atoms with van der Waals surface area (Å²) in [6.07, 6.45) is 5.03. The molecule has 2 heterocycles. The maximum absolute atomic E-state index is 12.7. The molecule has 0 aliphatic carbocycles. The molecule has 1 amide bonds. The third kappa shape index (κ3) is 2.96. The van der Waals surface area contributed by atoms with E-state index in [1.54, 1.807) is 0 Å². The first-order valence-corrected chi connectivity index (χ1v) is 8.82. The zero-order valence-electron chi connectivity index (χ0n) is 14.1. The second-order valence-electron chi connectivity index (χ2n) is 6.44. The third-order valence-corrected chi connectivity index (χ3v) is 5.10. The van der Waals surface area contributed by atoms with E-state index in [0.29, 0.717) is 6.54 Å². The highest BCUT2D eigenvalue weighted by molar-refractivity contribution is 6.31. The Labute approximate surface area is 151 Å². The van der Waals surface area contributed by atoms with Gasteiger partial charge in [0, 0.05) is 46.3 Å². The lowest BCUT2D eigenvalue weighted by molar-refractivity contribution is 0.0772. The topological polar surface area (TPSA) is 36.1 Å². The molecule has 1 aliphatic rings. The number of carbonyl (C=O) groups excluding carboxylic acids is 1. The molecule has 0 fully saturated rings. The van der Waals surface area contributed by atoms with Gasteiger partial charge in [-0.05, 0) is 48.7 Å². The van der Waals surface area contributed by atoms with Crippen molar-refractivity contribution in [3.63, 3.8) is 0 Å². The van der Waals surface area contributed by atoms with Crippen molar-refractivity contribution in [1.29, 1.82) is 0 Å². The standard InChI is InChI=1S/C21H19ClN2O/c1-14-4-2-3-5-17(14)21(25)24-10-8-15(9-11-24)19-13-23-20-7-6-16(22)12-18(19)20/h2-8,12-13,23H,9-11H2,1H3. The van der Waals surface area contributed by atoms with Crippen LogP contribution in [-0.2, 0) is 0 Å².